The molecule has 1 aliphatic heterocycles. The van der Waals surface area contributed by atoms with Crippen LogP contribution in [0.4, 0.5) is 5.69 Å². The van der Waals surface area contributed by atoms with Gasteiger partial charge in [-0.3, -0.25) is 9.69 Å². The molecule has 0 radical (unpaired) electrons. The van der Waals surface area contributed by atoms with Crippen LogP contribution in [0.2, 0.25) is 0 Å². The Morgan fingerprint density at radius 1 is 1.38 bits per heavy atom. The number of anilines is 1. The van der Waals surface area contributed by atoms with Gasteiger partial charge in [0.2, 0.25) is 5.91 Å². The van der Waals surface area contributed by atoms with Gasteiger partial charge >= 0.3 is 0 Å². The highest BCUT2D eigenvalue weighted by Crippen LogP contribution is 2.20. The van der Waals surface area contributed by atoms with Crippen LogP contribution in [0.1, 0.15) is 12.0 Å². The number of carbonyl (C=O) groups is 1. The maximum atomic E-state index is 12.0. The molecular formula is C15H23BrClN3O. The molecule has 0 aliphatic carbocycles. The van der Waals surface area contributed by atoms with Crippen LogP contribution in [-0.2, 0) is 4.79 Å². The lowest BCUT2D eigenvalue weighted by molar-refractivity contribution is -0.884. The monoisotopic (exact) mass is 375 g/mol. The predicted octanol–water partition coefficient (Wildman–Crippen LogP) is -2.08. The number of hydrogen-bond donors (Lipinski definition) is 2. The lowest BCUT2D eigenvalue weighted by Gasteiger charge is -2.29. The number of amides is 1. The summed E-state index contributed by atoms with van der Waals surface area (Å²) < 4.78 is 1.07. The quantitative estimate of drug-likeness (QED) is 0.633. The van der Waals surface area contributed by atoms with Crippen molar-refractivity contribution in [3.05, 3.63) is 28.2 Å². The van der Waals surface area contributed by atoms with Crippen molar-refractivity contribution in [1.82, 2.24) is 4.90 Å². The Morgan fingerprint density at radius 2 is 2.05 bits per heavy atom. The first-order valence-electron chi connectivity index (χ1n) is 7.14. The van der Waals surface area contributed by atoms with Crippen LogP contribution in [0.15, 0.2) is 22.7 Å². The first kappa shape index (κ1) is 18.4. The molecular weight excluding hydrogens is 354 g/mol. The highest BCUT2D eigenvalue weighted by molar-refractivity contribution is 9.10. The Morgan fingerprint density at radius 3 is 2.67 bits per heavy atom. The fourth-order valence-corrected chi connectivity index (χ4v) is 2.61. The third-order valence-corrected chi connectivity index (χ3v) is 4.70. The summed E-state index contributed by atoms with van der Waals surface area (Å²) in [4.78, 5) is 15.9. The Bertz CT molecular complexity index is 476. The van der Waals surface area contributed by atoms with Crippen molar-refractivity contribution in [2.75, 3.05) is 45.1 Å². The van der Waals surface area contributed by atoms with Gasteiger partial charge in [-0.2, -0.15) is 0 Å². The van der Waals surface area contributed by atoms with Crippen LogP contribution >= 0.6 is 15.9 Å². The number of aryl methyl sites for hydroxylation is 1. The summed E-state index contributed by atoms with van der Waals surface area (Å²) in [6.07, 6.45) is 0.564. The SMILES string of the molecule is Cc1cc(NC(=O)CCN2CC[NH+](C)CC2)ccc1Br.[Cl-]. The summed E-state index contributed by atoms with van der Waals surface area (Å²) in [5.41, 5.74) is 2.00. The van der Waals surface area contributed by atoms with Gasteiger partial charge in [0.15, 0.2) is 0 Å². The van der Waals surface area contributed by atoms with Gasteiger partial charge < -0.3 is 22.6 Å². The van der Waals surface area contributed by atoms with Crippen LogP contribution in [0.5, 0.6) is 0 Å². The van der Waals surface area contributed by atoms with E-state index in [1.54, 1.807) is 4.90 Å². The maximum Gasteiger partial charge on any atom is 0.225 e. The van der Waals surface area contributed by atoms with Crippen molar-refractivity contribution in [2.24, 2.45) is 0 Å². The normalized spacial score (nSPS) is 16.3. The topological polar surface area (TPSA) is 36.8 Å². The zero-order valence-corrected chi connectivity index (χ0v) is 14.9. The van der Waals surface area contributed by atoms with Gasteiger partial charge in [-0.25, -0.2) is 0 Å². The Hall–Kier alpha value is -0.620. The molecule has 1 fully saturated rings. The molecule has 1 amide bonds. The summed E-state index contributed by atoms with van der Waals surface area (Å²) in [6.45, 7) is 7.41. The van der Waals surface area contributed by atoms with Crippen LogP contribution in [0.25, 0.3) is 0 Å². The second-order valence-corrected chi connectivity index (χ2v) is 6.42. The fraction of sp³-hybridized carbons (Fsp3) is 0.533. The molecule has 1 aromatic rings. The van der Waals surface area contributed by atoms with Gasteiger partial charge in [-0.1, -0.05) is 15.9 Å². The lowest BCUT2D eigenvalue weighted by atomic mass is 10.2. The minimum absolute atomic E-state index is 0. The van der Waals surface area contributed by atoms with Crippen molar-refractivity contribution >= 4 is 27.5 Å². The van der Waals surface area contributed by atoms with Gasteiger partial charge in [-0.05, 0) is 30.7 Å². The van der Waals surface area contributed by atoms with E-state index in [-0.39, 0.29) is 18.3 Å². The Balaban J connectivity index is 0.00000220. The predicted molar refractivity (Wildman–Crippen MR) is 85.2 cm³/mol. The molecule has 0 bridgehead atoms. The summed E-state index contributed by atoms with van der Waals surface area (Å²) >= 11 is 3.46. The third kappa shape index (κ3) is 5.94. The van der Waals surface area contributed by atoms with Crippen LogP contribution in [0.3, 0.4) is 0 Å². The molecule has 6 heteroatoms. The lowest BCUT2D eigenvalue weighted by Crippen LogP contribution is -3.12. The van der Waals surface area contributed by atoms with Crippen molar-refractivity contribution in [1.29, 1.82) is 0 Å². The molecule has 0 unspecified atom stereocenters. The number of rotatable bonds is 4. The summed E-state index contributed by atoms with van der Waals surface area (Å²) in [6, 6.07) is 5.88. The van der Waals surface area contributed by atoms with Crippen molar-refractivity contribution in [2.45, 2.75) is 13.3 Å². The van der Waals surface area contributed by atoms with Crippen LogP contribution < -0.4 is 22.6 Å². The number of quaternary nitrogens is 1. The second kappa shape index (κ2) is 8.73. The molecule has 21 heavy (non-hydrogen) atoms. The molecule has 2 rings (SSSR count). The fourth-order valence-electron chi connectivity index (χ4n) is 2.36. The van der Waals surface area contributed by atoms with Crippen molar-refractivity contribution in [3.63, 3.8) is 0 Å². The highest BCUT2D eigenvalue weighted by atomic mass is 79.9. The molecule has 4 nitrogen and oxygen atoms in total. The third-order valence-electron chi connectivity index (χ3n) is 3.81. The summed E-state index contributed by atoms with van der Waals surface area (Å²) in [7, 11) is 2.22. The minimum Gasteiger partial charge on any atom is -1.00 e. The van der Waals surface area contributed by atoms with Crippen LogP contribution in [0, 0.1) is 6.92 Å². The van der Waals surface area contributed by atoms with E-state index in [0.717, 1.165) is 35.4 Å². The number of halogens is 2. The van der Waals surface area contributed by atoms with E-state index in [1.807, 2.05) is 25.1 Å². The Labute approximate surface area is 141 Å². The first-order chi connectivity index (χ1) is 9.54. The van der Waals surface area contributed by atoms with Crippen molar-refractivity contribution in [3.8, 4) is 0 Å². The molecule has 1 heterocycles. The number of carbonyl (C=O) groups excluding carboxylic acids is 1. The number of nitrogens with zero attached hydrogens (tertiary/aromatic N) is 1. The van der Waals surface area contributed by atoms with E-state index >= 15 is 0 Å². The average Bonchev–Trinajstić information content (AvgIpc) is 2.42. The Kier molecular flexibility index (Phi) is 7.66. The molecule has 1 aliphatic rings. The standard InChI is InChI=1S/C15H22BrN3O.ClH/c1-12-11-13(3-4-14(12)16)17-15(20)5-6-19-9-7-18(2)8-10-19;/h3-4,11H,5-10H2,1-2H3,(H,17,20);1H. The highest BCUT2D eigenvalue weighted by Gasteiger charge is 2.17. The zero-order chi connectivity index (χ0) is 14.5. The van der Waals surface area contributed by atoms with E-state index in [0.29, 0.717) is 6.42 Å². The maximum absolute atomic E-state index is 12.0. The van der Waals surface area contributed by atoms with Gasteiger partial charge in [0.25, 0.3) is 0 Å². The smallest absolute Gasteiger partial charge is 0.225 e. The summed E-state index contributed by atoms with van der Waals surface area (Å²) in [5, 5.41) is 2.97. The molecule has 118 valence electrons. The van der Waals surface area contributed by atoms with E-state index in [2.05, 4.69) is 33.2 Å². The zero-order valence-electron chi connectivity index (χ0n) is 12.6. The number of likely N-dealkylation sites (N-methyl/N-ethyl adjacent to an activating group) is 1. The van der Waals surface area contributed by atoms with E-state index < -0.39 is 0 Å². The minimum atomic E-state index is 0. The van der Waals surface area contributed by atoms with Gasteiger partial charge in [0.1, 0.15) is 0 Å². The van der Waals surface area contributed by atoms with E-state index in [9.17, 15) is 4.79 Å². The summed E-state index contributed by atoms with van der Waals surface area (Å²) in [5.74, 6) is 0.0954. The van der Waals surface area contributed by atoms with E-state index in [1.165, 1.54) is 13.1 Å². The molecule has 0 atom stereocenters. The largest absolute Gasteiger partial charge is 1.00 e. The van der Waals surface area contributed by atoms with Gasteiger partial charge in [0.05, 0.1) is 20.1 Å². The van der Waals surface area contributed by atoms with Gasteiger partial charge in [0, 0.05) is 36.2 Å². The van der Waals surface area contributed by atoms with Crippen LogP contribution in [-0.4, -0.2) is 50.6 Å². The first-order valence-corrected chi connectivity index (χ1v) is 7.93. The number of piperazine rings is 1. The molecule has 2 N–H and O–H groups in total. The van der Waals surface area contributed by atoms with E-state index in [4.69, 9.17) is 0 Å². The average molecular weight is 377 g/mol. The number of hydrogen-bond acceptors (Lipinski definition) is 2. The molecule has 1 aromatic carbocycles. The number of nitrogens with one attached hydrogen (secondary N) is 2. The second-order valence-electron chi connectivity index (χ2n) is 5.56. The molecule has 0 saturated carbocycles. The molecule has 0 aromatic heterocycles. The van der Waals surface area contributed by atoms with Gasteiger partial charge in [-0.15, -0.1) is 0 Å². The van der Waals surface area contributed by atoms with Crippen molar-refractivity contribution < 1.29 is 22.1 Å². The molecule has 1 saturated heterocycles. The molecule has 0 spiro atoms. The number of benzene rings is 1.